The van der Waals surface area contributed by atoms with Gasteiger partial charge in [0.25, 0.3) is 4.96 Å². The van der Waals surface area contributed by atoms with E-state index in [2.05, 4.69) is 15.4 Å². The Labute approximate surface area is 146 Å². The maximum absolute atomic E-state index is 11.3. The number of thiazole rings is 1. The molecule has 4 aromatic rings. The summed E-state index contributed by atoms with van der Waals surface area (Å²) in [7, 11) is 0. The highest BCUT2D eigenvalue weighted by Gasteiger charge is 2.23. The van der Waals surface area contributed by atoms with Gasteiger partial charge >= 0.3 is 5.82 Å². The molecule has 0 aliphatic heterocycles. The fraction of sp³-hybridized carbons (Fsp3) is 0.125. The normalized spacial score (nSPS) is 11.0. The summed E-state index contributed by atoms with van der Waals surface area (Å²) < 4.78 is 3.30. The lowest BCUT2D eigenvalue weighted by Crippen LogP contribution is -2.07. The van der Waals surface area contributed by atoms with E-state index in [1.165, 1.54) is 15.7 Å². The third-order valence-corrected chi connectivity index (χ3v) is 4.53. The van der Waals surface area contributed by atoms with Gasteiger partial charge in [0, 0.05) is 18.1 Å². The first-order chi connectivity index (χ1) is 12.2. The van der Waals surface area contributed by atoms with Gasteiger partial charge < -0.3 is 15.4 Å². The highest BCUT2D eigenvalue weighted by atomic mass is 32.1. The molecule has 126 valence electrons. The van der Waals surface area contributed by atoms with Crippen LogP contribution in [0.4, 0.5) is 11.6 Å². The quantitative estimate of drug-likeness (QED) is 0.424. The van der Waals surface area contributed by atoms with Gasteiger partial charge in [0.15, 0.2) is 0 Å². The van der Waals surface area contributed by atoms with Crippen LogP contribution in [0.1, 0.15) is 5.56 Å². The Morgan fingerprint density at radius 2 is 2.12 bits per heavy atom. The number of aromatic nitrogens is 4. The molecule has 0 bridgehead atoms. The van der Waals surface area contributed by atoms with E-state index < -0.39 is 4.92 Å². The van der Waals surface area contributed by atoms with Crippen molar-refractivity contribution in [3.63, 3.8) is 0 Å². The molecule has 0 aliphatic rings. The van der Waals surface area contributed by atoms with E-state index in [1.807, 2.05) is 41.2 Å². The highest BCUT2D eigenvalue weighted by Crippen LogP contribution is 2.27. The Balaban J connectivity index is 1.45. The third-order valence-electron chi connectivity index (χ3n) is 3.77. The second-order valence-corrected chi connectivity index (χ2v) is 6.28. The lowest BCUT2D eigenvalue weighted by molar-refractivity contribution is -0.389. The average Bonchev–Trinajstić information content (AvgIpc) is 3.31. The average molecular weight is 354 g/mol. The minimum atomic E-state index is -0.414. The van der Waals surface area contributed by atoms with Crippen LogP contribution >= 0.6 is 11.3 Å². The molecule has 3 aromatic heterocycles. The van der Waals surface area contributed by atoms with Gasteiger partial charge in [-0.3, -0.25) is 0 Å². The second-order valence-electron chi connectivity index (χ2n) is 5.40. The summed E-state index contributed by atoms with van der Waals surface area (Å²) in [6.07, 6.45) is 6.10. The van der Waals surface area contributed by atoms with Crippen molar-refractivity contribution in [1.82, 2.24) is 19.2 Å². The van der Waals surface area contributed by atoms with Gasteiger partial charge in [-0.2, -0.15) is 14.5 Å². The van der Waals surface area contributed by atoms with Crippen LogP contribution in [0.3, 0.4) is 0 Å². The number of nitro groups is 1. The molecule has 0 radical (unpaired) electrons. The van der Waals surface area contributed by atoms with Crippen molar-refractivity contribution >= 4 is 27.9 Å². The summed E-state index contributed by atoms with van der Waals surface area (Å²) in [5.74, 6) is 0.267. The van der Waals surface area contributed by atoms with E-state index in [4.69, 9.17) is 0 Å². The fourth-order valence-electron chi connectivity index (χ4n) is 2.60. The van der Waals surface area contributed by atoms with Gasteiger partial charge in [-0.25, -0.2) is 4.68 Å². The Morgan fingerprint density at radius 3 is 2.92 bits per heavy atom. The standard InChI is InChI=1S/C16H14N6O2S/c23-22(24)15-14(19-16-20(15)8-9-25-16)17-7-6-12-10-18-21(11-12)13-4-2-1-3-5-13/h1-5,8-11,17H,6-7H2. The molecule has 25 heavy (non-hydrogen) atoms. The maximum atomic E-state index is 11.3. The lowest BCUT2D eigenvalue weighted by atomic mass is 10.2. The fourth-order valence-corrected chi connectivity index (χ4v) is 3.31. The van der Waals surface area contributed by atoms with Gasteiger partial charge in [0.2, 0.25) is 5.82 Å². The van der Waals surface area contributed by atoms with E-state index >= 15 is 0 Å². The number of hydrogen-bond acceptors (Lipinski definition) is 6. The summed E-state index contributed by atoms with van der Waals surface area (Å²) in [5.41, 5.74) is 2.03. The number of hydrogen-bond donors (Lipinski definition) is 1. The smallest absolute Gasteiger partial charge is 0.363 e. The van der Waals surface area contributed by atoms with Crippen LogP contribution < -0.4 is 5.32 Å². The molecule has 0 aliphatic carbocycles. The molecule has 0 unspecified atom stereocenters. The number of rotatable bonds is 6. The zero-order chi connectivity index (χ0) is 17.2. The van der Waals surface area contributed by atoms with Crippen LogP contribution in [0.2, 0.25) is 0 Å². The summed E-state index contributed by atoms with van der Waals surface area (Å²) in [6.45, 7) is 0.534. The monoisotopic (exact) mass is 354 g/mol. The molecular weight excluding hydrogens is 340 g/mol. The number of nitrogens with zero attached hydrogens (tertiary/aromatic N) is 5. The van der Waals surface area contributed by atoms with E-state index in [0.29, 0.717) is 23.7 Å². The molecule has 8 nitrogen and oxygen atoms in total. The zero-order valence-electron chi connectivity index (χ0n) is 13.1. The maximum Gasteiger partial charge on any atom is 0.372 e. The van der Waals surface area contributed by atoms with Crippen LogP contribution in [0.25, 0.3) is 10.6 Å². The molecule has 0 atom stereocenters. The molecule has 0 saturated heterocycles. The number of benzene rings is 1. The van der Waals surface area contributed by atoms with Crippen molar-refractivity contribution in [1.29, 1.82) is 0 Å². The van der Waals surface area contributed by atoms with E-state index in [0.717, 1.165) is 11.3 Å². The second kappa shape index (κ2) is 6.36. The van der Waals surface area contributed by atoms with Crippen molar-refractivity contribution < 1.29 is 4.92 Å². The number of anilines is 1. The first-order valence-corrected chi connectivity index (χ1v) is 8.53. The summed E-state index contributed by atoms with van der Waals surface area (Å²) in [5, 5.41) is 20.5. The van der Waals surface area contributed by atoms with Gasteiger partial charge in [-0.1, -0.05) is 29.5 Å². The first kappa shape index (κ1) is 15.3. The SMILES string of the molecule is O=[N+]([O-])c1c(NCCc2cnn(-c3ccccc3)c2)nc2sccn12. The minimum absolute atomic E-state index is 0.0313. The summed E-state index contributed by atoms with van der Waals surface area (Å²) >= 11 is 1.36. The van der Waals surface area contributed by atoms with Crippen molar-refractivity contribution in [2.45, 2.75) is 6.42 Å². The molecule has 1 N–H and O–H groups in total. The number of imidazole rings is 1. The molecule has 0 saturated carbocycles. The van der Waals surface area contributed by atoms with E-state index in [-0.39, 0.29) is 5.82 Å². The lowest BCUT2D eigenvalue weighted by Gasteiger charge is -2.02. The molecular formula is C16H14N6O2S. The molecule has 0 amide bonds. The van der Waals surface area contributed by atoms with E-state index in [9.17, 15) is 10.1 Å². The van der Waals surface area contributed by atoms with E-state index in [1.54, 1.807) is 17.8 Å². The van der Waals surface area contributed by atoms with Gasteiger partial charge in [-0.15, -0.1) is 0 Å². The number of para-hydroxylation sites is 1. The zero-order valence-corrected chi connectivity index (χ0v) is 13.9. The Kier molecular flexibility index (Phi) is 3.90. The van der Waals surface area contributed by atoms with Crippen LogP contribution in [-0.4, -0.2) is 30.6 Å². The Morgan fingerprint density at radius 1 is 1.28 bits per heavy atom. The summed E-state index contributed by atoms with van der Waals surface area (Å²) in [4.78, 5) is 15.8. The first-order valence-electron chi connectivity index (χ1n) is 7.65. The van der Waals surface area contributed by atoms with Crippen molar-refractivity contribution in [2.75, 3.05) is 11.9 Å². The van der Waals surface area contributed by atoms with Gasteiger partial charge in [-0.05, 0) is 29.0 Å². The highest BCUT2D eigenvalue weighted by molar-refractivity contribution is 7.15. The predicted octanol–water partition coefficient (Wildman–Crippen LogP) is 3.14. The van der Waals surface area contributed by atoms with Crippen LogP contribution in [0.5, 0.6) is 0 Å². The van der Waals surface area contributed by atoms with Crippen molar-refractivity contribution in [3.8, 4) is 5.69 Å². The number of fused-ring (bicyclic) bond motifs is 1. The van der Waals surface area contributed by atoms with Crippen LogP contribution in [-0.2, 0) is 6.42 Å². The number of nitrogens with one attached hydrogen (secondary N) is 1. The molecule has 3 heterocycles. The Bertz CT molecular complexity index is 1020. The van der Waals surface area contributed by atoms with Gasteiger partial charge in [0.1, 0.15) is 6.20 Å². The topological polar surface area (TPSA) is 90.3 Å². The van der Waals surface area contributed by atoms with Crippen molar-refractivity contribution in [2.24, 2.45) is 0 Å². The predicted molar refractivity (Wildman–Crippen MR) is 95.5 cm³/mol. The Hall–Kier alpha value is -3.20. The van der Waals surface area contributed by atoms with Gasteiger partial charge in [0.05, 0.1) is 11.9 Å². The molecule has 4 rings (SSSR count). The molecule has 1 aromatic carbocycles. The van der Waals surface area contributed by atoms with Crippen molar-refractivity contribution in [3.05, 3.63) is 70.0 Å². The molecule has 0 fully saturated rings. The molecule has 9 heteroatoms. The largest absolute Gasteiger partial charge is 0.372 e. The molecule has 0 spiro atoms. The van der Waals surface area contributed by atoms with Crippen LogP contribution in [0.15, 0.2) is 54.3 Å². The van der Waals surface area contributed by atoms with Crippen LogP contribution in [0, 0.1) is 10.1 Å². The third kappa shape index (κ3) is 2.96. The minimum Gasteiger partial charge on any atom is -0.363 e. The summed E-state index contributed by atoms with van der Waals surface area (Å²) in [6, 6.07) is 9.84.